The van der Waals surface area contributed by atoms with Gasteiger partial charge >= 0.3 is 0 Å². The molecule has 0 saturated heterocycles. The number of hydrogen-bond donors (Lipinski definition) is 2. The largest absolute Gasteiger partial charge is 0.394 e. The van der Waals surface area contributed by atoms with Crippen LogP contribution in [0.5, 0.6) is 0 Å². The smallest absolute Gasteiger partial charge is 0.148 e. The predicted molar refractivity (Wildman–Crippen MR) is 84.9 cm³/mol. The van der Waals surface area contributed by atoms with Crippen LogP contribution >= 0.6 is 0 Å². The van der Waals surface area contributed by atoms with Crippen molar-refractivity contribution in [3.63, 3.8) is 0 Å². The molecule has 1 unspecified atom stereocenters. The average molecular weight is 290 g/mol. The van der Waals surface area contributed by atoms with E-state index < -0.39 is 0 Å². The zero-order valence-electron chi connectivity index (χ0n) is 13.0. The van der Waals surface area contributed by atoms with Crippen LogP contribution < -0.4 is 11.1 Å². The molecule has 21 heavy (non-hydrogen) atoms. The SMILES string of the molecule is CC(Cc1ccc(F)cc1)Nc1c(N)c(C(C)C)nn1C. The first kappa shape index (κ1) is 15.4. The highest BCUT2D eigenvalue weighted by Gasteiger charge is 2.17. The van der Waals surface area contributed by atoms with Gasteiger partial charge in [0, 0.05) is 13.1 Å². The van der Waals surface area contributed by atoms with Crippen molar-refractivity contribution >= 4 is 11.5 Å². The lowest BCUT2D eigenvalue weighted by atomic mass is 10.1. The molecule has 1 aromatic heterocycles. The Kier molecular flexibility index (Phi) is 4.50. The van der Waals surface area contributed by atoms with Gasteiger partial charge in [-0.25, -0.2) is 4.39 Å². The second kappa shape index (κ2) is 6.16. The van der Waals surface area contributed by atoms with Gasteiger partial charge in [-0.05, 0) is 37.0 Å². The Balaban J connectivity index is 2.09. The summed E-state index contributed by atoms with van der Waals surface area (Å²) in [6.45, 7) is 6.22. The molecule has 114 valence electrons. The van der Waals surface area contributed by atoms with Gasteiger partial charge in [0.05, 0.1) is 11.4 Å². The number of aryl methyl sites for hydroxylation is 1. The molecule has 1 aromatic carbocycles. The normalized spacial score (nSPS) is 12.7. The van der Waals surface area contributed by atoms with Crippen molar-refractivity contribution in [1.82, 2.24) is 9.78 Å². The molecule has 1 heterocycles. The molecule has 0 aliphatic rings. The minimum atomic E-state index is -0.211. The van der Waals surface area contributed by atoms with Crippen molar-refractivity contribution in [2.45, 2.75) is 39.2 Å². The van der Waals surface area contributed by atoms with Crippen LogP contribution in [0.1, 0.15) is 37.9 Å². The molecule has 0 aliphatic carbocycles. The maximum absolute atomic E-state index is 12.9. The topological polar surface area (TPSA) is 55.9 Å². The minimum Gasteiger partial charge on any atom is -0.394 e. The highest BCUT2D eigenvalue weighted by Crippen LogP contribution is 2.28. The number of halogens is 1. The van der Waals surface area contributed by atoms with E-state index in [2.05, 4.69) is 31.2 Å². The maximum Gasteiger partial charge on any atom is 0.148 e. The third kappa shape index (κ3) is 3.54. The highest BCUT2D eigenvalue weighted by atomic mass is 19.1. The minimum absolute atomic E-state index is 0.174. The summed E-state index contributed by atoms with van der Waals surface area (Å²) >= 11 is 0. The van der Waals surface area contributed by atoms with Gasteiger partial charge in [-0.1, -0.05) is 26.0 Å². The van der Waals surface area contributed by atoms with E-state index in [1.54, 1.807) is 16.8 Å². The van der Waals surface area contributed by atoms with E-state index in [0.29, 0.717) is 11.6 Å². The van der Waals surface area contributed by atoms with E-state index in [-0.39, 0.29) is 11.9 Å². The Hall–Kier alpha value is -2.04. The molecule has 0 amide bonds. The molecule has 0 radical (unpaired) electrons. The van der Waals surface area contributed by atoms with Crippen LogP contribution in [0.2, 0.25) is 0 Å². The highest BCUT2D eigenvalue weighted by molar-refractivity contribution is 5.66. The quantitative estimate of drug-likeness (QED) is 0.888. The number of nitrogens with zero attached hydrogens (tertiary/aromatic N) is 2. The van der Waals surface area contributed by atoms with Gasteiger partial charge in [0.1, 0.15) is 11.6 Å². The van der Waals surface area contributed by atoms with Gasteiger partial charge in [-0.2, -0.15) is 5.10 Å². The molecule has 1 atom stereocenters. The van der Waals surface area contributed by atoms with Crippen molar-refractivity contribution in [2.75, 3.05) is 11.1 Å². The first-order valence-electron chi connectivity index (χ1n) is 7.21. The number of anilines is 2. The van der Waals surface area contributed by atoms with Gasteiger partial charge in [0.2, 0.25) is 0 Å². The van der Waals surface area contributed by atoms with Crippen molar-refractivity contribution in [2.24, 2.45) is 7.05 Å². The molecule has 5 heteroatoms. The molecule has 0 fully saturated rings. The van der Waals surface area contributed by atoms with Crippen molar-refractivity contribution < 1.29 is 4.39 Å². The second-order valence-corrected chi connectivity index (χ2v) is 5.80. The Labute approximate surface area is 125 Å². The fourth-order valence-electron chi connectivity index (χ4n) is 2.42. The average Bonchev–Trinajstić information content (AvgIpc) is 2.69. The molecule has 0 aliphatic heterocycles. The van der Waals surface area contributed by atoms with Gasteiger partial charge < -0.3 is 11.1 Å². The first-order valence-corrected chi connectivity index (χ1v) is 7.21. The first-order chi connectivity index (χ1) is 9.88. The Morgan fingerprint density at radius 1 is 1.24 bits per heavy atom. The lowest BCUT2D eigenvalue weighted by molar-refractivity contribution is 0.626. The molecule has 3 N–H and O–H groups in total. The molecule has 4 nitrogen and oxygen atoms in total. The van der Waals surface area contributed by atoms with Crippen LogP contribution in [0, 0.1) is 5.82 Å². The van der Waals surface area contributed by atoms with Gasteiger partial charge in [0.15, 0.2) is 0 Å². The summed E-state index contributed by atoms with van der Waals surface area (Å²) in [7, 11) is 1.88. The third-order valence-electron chi connectivity index (χ3n) is 3.50. The van der Waals surface area contributed by atoms with Crippen LogP contribution in [-0.4, -0.2) is 15.8 Å². The fourth-order valence-corrected chi connectivity index (χ4v) is 2.42. The number of aromatic nitrogens is 2. The Morgan fingerprint density at radius 2 is 1.86 bits per heavy atom. The fraction of sp³-hybridized carbons (Fsp3) is 0.438. The maximum atomic E-state index is 12.9. The lowest BCUT2D eigenvalue weighted by Crippen LogP contribution is -2.20. The summed E-state index contributed by atoms with van der Waals surface area (Å²) in [5.74, 6) is 0.921. The van der Waals surface area contributed by atoms with Gasteiger partial charge in [-0.15, -0.1) is 0 Å². The van der Waals surface area contributed by atoms with E-state index in [9.17, 15) is 4.39 Å². The molecule has 2 aromatic rings. The molecule has 2 rings (SSSR count). The number of hydrogen-bond acceptors (Lipinski definition) is 3. The van der Waals surface area contributed by atoms with E-state index in [1.165, 1.54) is 12.1 Å². The lowest BCUT2D eigenvalue weighted by Gasteiger charge is -2.16. The Morgan fingerprint density at radius 3 is 2.38 bits per heavy atom. The van der Waals surface area contributed by atoms with Crippen LogP contribution in [-0.2, 0) is 13.5 Å². The summed E-state index contributed by atoms with van der Waals surface area (Å²) in [5.41, 5.74) is 8.87. The number of nitrogen functional groups attached to an aromatic ring is 1. The summed E-state index contributed by atoms with van der Waals surface area (Å²) in [5, 5.41) is 7.86. The third-order valence-corrected chi connectivity index (χ3v) is 3.50. The molecule has 0 spiro atoms. The van der Waals surface area contributed by atoms with Crippen molar-refractivity contribution in [3.8, 4) is 0 Å². The van der Waals surface area contributed by atoms with Crippen LogP contribution in [0.15, 0.2) is 24.3 Å². The summed E-state index contributed by atoms with van der Waals surface area (Å²) < 4.78 is 14.7. The molecular formula is C16H23FN4. The number of nitrogens with one attached hydrogen (secondary N) is 1. The Bertz CT molecular complexity index is 601. The van der Waals surface area contributed by atoms with Crippen LogP contribution in [0.3, 0.4) is 0 Å². The number of nitrogens with two attached hydrogens (primary N) is 1. The molecular weight excluding hydrogens is 267 g/mol. The zero-order chi connectivity index (χ0) is 15.6. The summed E-state index contributed by atoms with van der Waals surface area (Å²) in [6, 6.07) is 6.75. The van der Waals surface area contributed by atoms with Crippen molar-refractivity contribution in [3.05, 3.63) is 41.3 Å². The second-order valence-electron chi connectivity index (χ2n) is 5.80. The van der Waals surface area contributed by atoms with Crippen LogP contribution in [0.25, 0.3) is 0 Å². The molecule has 0 bridgehead atoms. The predicted octanol–water partition coefficient (Wildman–Crippen LogP) is 3.31. The standard InChI is InChI=1S/C16H23FN4/c1-10(2)15-14(18)16(21(4)20-15)19-11(3)9-12-5-7-13(17)8-6-12/h5-8,10-11,19H,9,18H2,1-4H3. The summed E-state index contributed by atoms with van der Waals surface area (Å²) in [6.07, 6.45) is 0.794. The van der Waals surface area contributed by atoms with Crippen LogP contribution in [0.4, 0.5) is 15.9 Å². The number of rotatable bonds is 5. The van der Waals surface area contributed by atoms with Crippen molar-refractivity contribution in [1.29, 1.82) is 0 Å². The van der Waals surface area contributed by atoms with Gasteiger partial charge in [-0.3, -0.25) is 4.68 Å². The molecule has 0 saturated carbocycles. The van der Waals surface area contributed by atoms with E-state index in [4.69, 9.17) is 5.73 Å². The monoisotopic (exact) mass is 290 g/mol. The van der Waals surface area contributed by atoms with E-state index >= 15 is 0 Å². The van der Waals surface area contributed by atoms with E-state index in [1.807, 2.05) is 7.05 Å². The zero-order valence-corrected chi connectivity index (χ0v) is 13.0. The van der Waals surface area contributed by atoms with E-state index in [0.717, 1.165) is 23.5 Å². The summed E-state index contributed by atoms with van der Waals surface area (Å²) in [4.78, 5) is 0. The number of benzene rings is 1. The van der Waals surface area contributed by atoms with Gasteiger partial charge in [0.25, 0.3) is 0 Å².